The molecule has 1 N–H and O–H groups in total. The highest BCUT2D eigenvalue weighted by Crippen LogP contribution is 2.38. The minimum Gasteiger partial charge on any atom is -0.381 e. The van der Waals surface area contributed by atoms with Gasteiger partial charge in [0.05, 0.1) is 17.7 Å². The fraction of sp³-hybridized carbons (Fsp3) is 0.577. The number of piperidine rings is 1. The summed E-state index contributed by atoms with van der Waals surface area (Å²) in [5, 5.41) is 3.30. The number of nitrogens with one attached hydrogen (secondary N) is 1. The van der Waals surface area contributed by atoms with Gasteiger partial charge in [-0.3, -0.25) is 4.79 Å². The molecule has 1 aromatic carbocycles. The van der Waals surface area contributed by atoms with Gasteiger partial charge in [-0.1, -0.05) is 30.3 Å². The van der Waals surface area contributed by atoms with Gasteiger partial charge in [-0.05, 0) is 51.3 Å². The van der Waals surface area contributed by atoms with Crippen LogP contribution in [0.2, 0.25) is 0 Å². The summed E-state index contributed by atoms with van der Waals surface area (Å²) >= 11 is 0. The quantitative estimate of drug-likeness (QED) is 0.774. The Balaban J connectivity index is 1.45. The second kappa shape index (κ2) is 9.39. The molecule has 176 valence electrons. The number of rotatable bonds is 4. The lowest BCUT2D eigenvalue weighted by Crippen LogP contribution is -2.51. The van der Waals surface area contributed by atoms with Crippen molar-refractivity contribution < 1.29 is 9.53 Å². The fourth-order valence-corrected chi connectivity index (χ4v) is 5.80. The number of carbonyl (C=O) groups is 1. The van der Waals surface area contributed by atoms with E-state index >= 15 is 0 Å². The number of ether oxygens (including phenoxy) is 1. The minimum absolute atomic E-state index is 0.214. The Bertz CT molecular complexity index is 990. The Labute approximate surface area is 196 Å². The van der Waals surface area contributed by atoms with Gasteiger partial charge in [0.1, 0.15) is 11.6 Å². The number of benzene rings is 1. The van der Waals surface area contributed by atoms with Crippen molar-refractivity contribution in [2.24, 2.45) is 0 Å². The van der Waals surface area contributed by atoms with Crippen LogP contribution in [-0.2, 0) is 27.9 Å². The number of anilines is 1. The normalized spacial score (nSPS) is 23.1. The van der Waals surface area contributed by atoms with Crippen LogP contribution in [0.5, 0.6) is 0 Å². The zero-order valence-electron chi connectivity index (χ0n) is 19.8. The van der Waals surface area contributed by atoms with Gasteiger partial charge in [-0.25, -0.2) is 9.97 Å². The molecule has 0 radical (unpaired) electrons. The molecule has 2 aromatic rings. The van der Waals surface area contributed by atoms with E-state index in [2.05, 4.69) is 29.4 Å². The van der Waals surface area contributed by atoms with E-state index in [1.54, 1.807) is 0 Å². The Morgan fingerprint density at radius 2 is 1.94 bits per heavy atom. The monoisotopic (exact) mass is 449 g/mol. The van der Waals surface area contributed by atoms with Crippen molar-refractivity contribution in [2.45, 2.75) is 50.0 Å². The highest BCUT2D eigenvalue weighted by Gasteiger charge is 2.45. The van der Waals surface area contributed by atoms with Crippen LogP contribution in [0.4, 0.5) is 5.82 Å². The molecule has 0 aliphatic carbocycles. The third kappa shape index (κ3) is 4.24. The second-order valence-corrected chi connectivity index (χ2v) is 9.74. The molecule has 0 saturated carbocycles. The molecule has 0 bridgehead atoms. The number of hydrogen-bond donors (Lipinski definition) is 1. The number of fused-ring (bicyclic) bond motifs is 1. The van der Waals surface area contributed by atoms with Crippen LogP contribution in [-0.4, -0.2) is 72.6 Å². The number of nitrogens with zero attached hydrogens (tertiary/aromatic N) is 4. The molecule has 1 atom stereocenters. The smallest absolute Gasteiger partial charge is 0.233 e. The van der Waals surface area contributed by atoms with Gasteiger partial charge in [0.25, 0.3) is 0 Å². The number of hydrogen-bond acceptors (Lipinski definition) is 6. The van der Waals surface area contributed by atoms with E-state index in [1.165, 1.54) is 6.42 Å². The predicted octanol–water partition coefficient (Wildman–Crippen LogP) is 2.96. The lowest BCUT2D eigenvalue weighted by Gasteiger charge is -2.41. The van der Waals surface area contributed by atoms with Gasteiger partial charge in [-0.2, -0.15) is 0 Å². The molecule has 5 rings (SSSR count). The topological polar surface area (TPSA) is 70.6 Å². The highest BCUT2D eigenvalue weighted by molar-refractivity contribution is 5.88. The van der Waals surface area contributed by atoms with E-state index in [-0.39, 0.29) is 5.91 Å². The lowest BCUT2D eigenvalue weighted by molar-refractivity contribution is -0.142. The molecule has 4 heterocycles. The first-order valence-corrected chi connectivity index (χ1v) is 12.3. The Morgan fingerprint density at radius 1 is 1.15 bits per heavy atom. The van der Waals surface area contributed by atoms with Crippen LogP contribution in [0.1, 0.15) is 54.2 Å². The van der Waals surface area contributed by atoms with Gasteiger partial charge in [0.2, 0.25) is 5.91 Å². The van der Waals surface area contributed by atoms with Crippen molar-refractivity contribution in [1.82, 2.24) is 19.8 Å². The zero-order chi connectivity index (χ0) is 22.8. The molecule has 33 heavy (non-hydrogen) atoms. The van der Waals surface area contributed by atoms with Crippen LogP contribution in [0, 0.1) is 0 Å². The molecule has 7 nitrogen and oxygen atoms in total. The predicted molar refractivity (Wildman–Crippen MR) is 128 cm³/mol. The van der Waals surface area contributed by atoms with Crippen LogP contribution < -0.4 is 5.32 Å². The molecule has 0 unspecified atom stereocenters. The van der Waals surface area contributed by atoms with Crippen LogP contribution in [0.25, 0.3) is 0 Å². The van der Waals surface area contributed by atoms with Gasteiger partial charge in [0, 0.05) is 44.8 Å². The first-order valence-electron chi connectivity index (χ1n) is 12.3. The molecule has 0 spiro atoms. The molecular weight excluding hydrogens is 414 g/mol. The average Bonchev–Trinajstić information content (AvgIpc) is 2.88. The third-order valence-corrected chi connectivity index (χ3v) is 7.68. The second-order valence-electron chi connectivity index (χ2n) is 9.74. The van der Waals surface area contributed by atoms with E-state index in [0.29, 0.717) is 32.2 Å². The number of carbonyl (C=O) groups excluding carboxylic acids is 1. The van der Waals surface area contributed by atoms with Gasteiger partial charge >= 0.3 is 0 Å². The average molecular weight is 450 g/mol. The molecule has 7 heteroatoms. The van der Waals surface area contributed by atoms with E-state index in [1.807, 2.05) is 30.1 Å². The maximum absolute atomic E-state index is 14.1. The van der Waals surface area contributed by atoms with Crippen molar-refractivity contribution in [3.8, 4) is 0 Å². The Hall–Kier alpha value is -2.51. The highest BCUT2D eigenvalue weighted by atomic mass is 16.5. The molecule has 3 aliphatic heterocycles. The Kier molecular flexibility index (Phi) is 6.34. The minimum atomic E-state index is -0.509. The Morgan fingerprint density at radius 3 is 2.67 bits per heavy atom. The van der Waals surface area contributed by atoms with Gasteiger partial charge in [0.15, 0.2) is 0 Å². The summed E-state index contributed by atoms with van der Waals surface area (Å²) < 4.78 is 5.66. The number of amides is 1. The van der Waals surface area contributed by atoms with Gasteiger partial charge in [-0.15, -0.1) is 0 Å². The lowest BCUT2D eigenvalue weighted by atomic mass is 9.72. The molecule has 2 fully saturated rings. The van der Waals surface area contributed by atoms with Crippen molar-refractivity contribution in [1.29, 1.82) is 0 Å². The number of aromatic nitrogens is 2. The van der Waals surface area contributed by atoms with Crippen molar-refractivity contribution >= 4 is 11.7 Å². The summed E-state index contributed by atoms with van der Waals surface area (Å²) in [4.78, 5) is 28.4. The fourth-order valence-electron chi connectivity index (χ4n) is 5.80. The maximum Gasteiger partial charge on any atom is 0.233 e. The zero-order valence-corrected chi connectivity index (χ0v) is 19.8. The van der Waals surface area contributed by atoms with Crippen LogP contribution in [0.15, 0.2) is 30.3 Å². The third-order valence-electron chi connectivity index (χ3n) is 7.68. The first-order chi connectivity index (χ1) is 16.1. The van der Waals surface area contributed by atoms with Crippen molar-refractivity contribution in [3.05, 3.63) is 53.0 Å². The van der Waals surface area contributed by atoms with E-state index in [4.69, 9.17) is 14.7 Å². The molecule has 3 aliphatic rings. The van der Waals surface area contributed by atoms with E-state index in [0.717, 1.165) is 67.2 Å². The number of likely N-dealkylation sites (tertiary alicyclic amines) is 1. The summed E-state index contributed by atoms with van der Waals surface area (Å²) in [6.45, 7) is 4.61. The maximum atomic E-state index is 14.1. The van der Waals surface area contributed by atoms with Gasteiger partial charge < -0.3 is 19.9 Å². The van der Waals surface area contributed by atoms with Crippen LogP contribution >= 0.6 is 0 Å². The summed E-state index contributed by atoms with van der Waals surface area (Å²) in [5.41, 5.74) is 2.77. The van der Waals surface area contributed by atoms with Crippen LogP contribution in [0.3, 0.4) is 0 Å². The van der Waals surface area contributed by atoms with Crippen molar-refractivity contribution in [2.75, 3.05) is 52.3 Å². The molecular formula is C26H35N5O2. The standard InChI is InChI=1S/C26H35N5O2/c1-27-24-21-10-14-31(18-22(21)28-23(29-24)19-7-6-13-30(2)17-19)25(32)26(11-15-33-16-12-26)20-8-4-3-5-9-20/h3-5,8-9,19H,6-7,10-18H2,1-2H3,(H,27,28,29)/t19-/m0/s1. The largest absolute Gasteiger partial charge is 0.381 e. The van der Waals surface area contributed by atoms with E-state index < -0.39 is 5.41 Å². The van der Waals surface area contributed by atoms with Crippen molar-refractivity contribution in [3.63, 3.8) is 0 Å². The number of likely N-dealkylation sites (N-methyl/N-ethyl adjacent to an activating group) is 1. The van der Waals surface area contributed by atoms with E-state index in [9.17, 15) is 4.79 Å². The summed E-state index contributed by atoms with van der Waals surface area (Å²) in [6.07, 6.45) is 4.52. The molecule has 1 amide bonds. The SMILES string of the molecule is CNc1nc([C@H]2CCCN(C)C2)nc2c1CCN(C(=O)C1(c3ccccc3)CCOCC1)C2. The first kappa shape index (κ1) is 22.3. The summed E-state index contributed by atoms with van der Waals surface area (Å²) in [6, 6.07) is 10.3. The molecule has 2 saturated heterocycles. The summed E-state index contributed by atoms with van der Waals surface area (Å²) in [7, 11) is 4.10. The summed E-state index contributed by atoms with van der Waals surface area (Å²) in [5.74, 6) is 2.41. The molecule has 1 aromatic heterocycles.